The van der Waals surface area contributed by atoms with Crippen LogP contribution in [0.2, 0.25) is 5.02 Å². The zero-order valence-electron chi connectivity index (χ0n) is 15.8. The molecule has 2 amide bonds. The number of ether oxygens (including phenoxy) is 2. The van der Waals surface area contributed by atoms with E-state index in [-0.39, 0.29) is 6.10 Å². The number of nitrogens with zero attached hydrogens (tertiary/aromatic N) is 1. The van der Waals surface area contributed by atoms with E-state index in [0.29, 0.717) is 30.5 Å². The molecule has 0 aromatic heterocycles. The average molecular weight is 416 g/mol. The summed E-state index contributed by atoms with van der Waals surface area (Å²) in [4.78, 5) is 23.5. The van der Waals surface area contributed by atoms with Gasteiger partial charge < -0.3 is 14.8 Å². The molecule has 3 rings (SSSR count). The van der Waals surface area contributed by atoms with E-state index in [4.69, 9.17) is 21.1 Å². The van der Waals surface area contributed by atoms with Crippen molar-refractivity contribution in [2.75, 3.05) is 13.2 Å². The van der Waals surface area contributed by atoms with Crippen molar-refractivity contribution in [3.05, 3.63) is 64.7 Å². The SMILES string of the molecule is O=C(NCC1CCCO1)C(=O)N/N=C/c1ccc(OCc2ccccc2Cl)cc1. The van der Waals surface area contributed by atoms with E-state index in [2.05, 4.69) is 15.8 Å². The highest BCUT2D eigenvalue weighted by Gasteiger charge is 2.18. The molecule has 2 aromatic rings. The summed E-state index contributed by atoms with van der Waals surface area (Å²) in [6, 6.07) is 14.6. The number of rotatable bonds is 7. The van der Waals surface area contributed by atoms with Crippen LogP contribution in [0.4, 0.5) is 0 Å². The Labute approximate surface area is 174 Å². The van der Waals surface area contributed by atoms with E-state index in [1.54, 1.807) is 24.3 Å². The molecule has 1 saturated heterocycles. The van der Waals surface area contributed by atoms with Gasteiger partial charge in [-0.05, 0) is 48.7 Å². The van der Waals surface area contributed by atoms with Crippen LogP contribution in [0.3, 0.4) is 0 Å². The van der Waals surface area contributed by atoms with Crippen LogP contribution in [0.1, 0.15) is 24.0 Å². The molecule has 7 nitrogen and oxygen atoms in total. The van der Waals surface area contributed by atoms with Crippen LogP contribution in [0, 0.1) is 0 Å². The van der Waals surface area contributed by atoms with Crippen molar-refractivity contribution in [2.45, 2.75) is 25.6 Å². The van der Waals surface area contributed by atoms with Gasteiger partial charge in [-0.25, -0.2) is 5.43 Å². The topological polar surface area (TPSA) is 89.0 Å². The van der Waals surface area contributed by atoms with Crippen LogP contribution in [0.5, 0.6) is 5.75 Å². The largest absolute Gasteiger partial charge is 0.489 e. The van der Waals surface area contributed by atoms with Gasteiger partial charge in [-0.15, -0.1) is 0 Å². The number of hydrogen-bond acceptors (Lipinski definition) is 5. The van der Waals surface area contributed by atoms with Gasteiger partial charge in [0.05, 0.1) is 12.3 Å². The first-order valence-corrected chi connectivity index (χ1v) is 9.69. The predicted molar refractivity (Wildman–Crippen MR) is 110 cm³/mol. The smallest absolute Gasteiger partial charge is 0.329 e. The fourth-order valence-corrected chi connectivity index (χ4v) is 2.93. The standard InChI is InChI=1S/C21H22ClN3O4/c22-19-6-2-1-4-16(19)14-29-17-9-7-15(8-10-17)12-24-25-21(27)20(26)23-13-18-5-3-11-28-18/h1-2,4,6-10,12,18H,3,5,11,13-14H2,(H,23,26)(H,25,27)/b24-12+. The minimum atomic E-state index is -0.820. The van der Waals surface area contributed by atoms with Crippen LogP contribution < -0.4 is 15.5 Å². The molecule has 2 aromatic carbocycles. The second-order valence-corrected chi connectivity index (χ2v) is 6.90. The lowest BCUT2D eigenvalue weighted by atomic mass is 10.2. The van der Waals surface area contributed by atoms with Gasteiger partial charge in [0.2, 0.25) is 0 Å². The van der Waals surface area contributed by atoms with Gasteiger partial charge in [-0.1, -0.05) is 29.8 Å². The Bertz CT molecular complexity index is 864. The quantitative estimate of drug-likeness (QED) is 0.413. The summed E-state index contributed by atoms with van der Waals surface area (Å²) >= 11 is 6.11. The lowest BCUT2D eigenvalue weighted by molar-refractivity contribution is -0.139. The Kier molecular flexibility index (Phi) is 7.61. The number of hydrazone groups is 1. The van der Waals surface area contributed by atoms with Crippen molar-refractivity contribution in [2.24, 2.45) is 5.10 Å². The third-order valence-corrected chi connectivity index (χ3v) is 4.70. The fraction of sp³-hybridized carbons (Fsp3) is 0.286. The molecule has 0 spiro atoms. The molecule has 0 aliphatic carbocycles. The van der Waals surface area contributed by atoms with E-state index >= 15 is 0 Å². The van der Waals surface area contributed by atoms with Crippen LogP contribution in [0.15, 0.2) is 53.6 Å². The number of halogens is 1. The summed E-state index contributed by atoms with van der Waals surface area (Å²) in [5.41, 5.74) is 3.85. The molecule has 2 N–H and O–H groups in total. The minimum Gasteiger partial charge on any atom is -0.489 e. The second-order valence-electron chi connectivity index (χ2n) is 6.49. The molecular formula is C21H22ClN3O4. The number of hydrogen-bond donors (Lipinski definition) is 2. The normalized spacial score (nSPS) is 16.0. The predicted octanol–water partition coefficient (Wildman–Crippen LogP) is 2.66. The third kappa shape index (κ3) is 6.58. The van der Waals surface area contributed by atoms with E-state index < -0.39 is 11.8 Å². The monoisotopic (exact) mass is 415 g/mol. The maximum absolute atomic E-state index is 11.7. The molecule has 0 radical (unpaired) electrons. The highest BCUT2D eigenvalue weighted by Crippen LogP contribution is 2.18. The van der Waals surface area contributed by atoms with Crippen LogP contribution in [0.25, 0.3) is 0 Å². The van der Waals surface area contributed by atoms with Crippen LogP contribution >= 0.6 is 11.6 Å². The summed E-state index contributed by atoms with van der Waals surface area (Å²) in [5, 5.41) is 7.00. The van der Waals surface area contributed by atoms with Gasteiger partial charge in [0, 0.05) is 23.7 Å². The summed E-state index contributed by atoms with van der Waals surface area (Å²) in [6.07, 6.45) is 3.29. The summed E-state index contributed by atoms with van der Waals surface area (Å²) < 4.78 is 11.1. The van der Waals surface area contributed by atoms with E-state index in [1.165, 1.54) is 6.21 Å². The van der Waals surface area contributed by atoms with Crippen molar-refractivity contribution in [1.82, 2.24) is 10.7 Å². The van der Waals surface area contributed by atoms with E-state index in [1.807, 2.05) is 24.3 Å². The summed E-state index contributed by atoms with van der Waals surface area (Å²) in [6.45, 7) is 1.39. The first-order chi connectivity index (χ1) is 14.1. The maximum Gasteiger partial charge on any atom is 0.329 e. The van der Waals surface area contributed by atoms with Gasteiger partial charge in [-0.3, -0.25) is 9.59 Å². The number of nitrogens with one attached hydrogen (secondary N) is 2. The zero-order chi connectivity index (χ0) is 20.5. The van der Waals surface area contributed by atoms with E-state index in [0.717, 1.165) is 24.0 Å². The van der Waals surface area contributed by atoms with Crippen molar-refractivity contribution in [1.29, 1.82) is 0 Å². The first kappa shape index (κ1) is 20.8. The maximum atomic E-state index is 11.7. The van der Waals surface area contributed by atoms with Gasteiger partial charge in [0.1, 0.15) is 12.4 Å². The van der Waals surface area contributed by atoms with Gasteiger partial charge in [-0.2, -0.15) is 5.10 Å². The lowest BCUT2D eigenvalue weighted by Gasteiger charge is -2.09. The van der Waals surface area contributed by atoms with Gasteiger partial charge in [0.25, 0.3) is 0 Å². The minimum absolute atomic E-state index is 0.0195. The number of amides is 2. The number of carbonyl (C=O) groups is 2. The Morgan fingerprint density at radius 1 is 1.17 bits per heavy atom. The van der Waals surface area contributed by atoms with Crippen molar-refractivity contribution in [3.8, 4) is 5.75 Å². The fourth-order valence-electron chi connectivity index (χ4n) is 2.74. The van der Waals surface area contributed by atoms with Crippen LogP contribution in [-0.4, -0.2) is 37.3 Å². The lowest BCUT2D eigenvalue weighted by Crippen LogP contribution is -2.41. The van der Waals surface area contributed by atoms with Crippen LogP contribution in [-0.2, 0) is 20.9 Å². The summed E-state index contributed by atoms with van der Waals surface area (Å²) in [7, 11) is 0. The molecule has 0 bridgehead atoms. The average Bonchev–Trinajstić information content (AvgIpc) is 3.26. The molecule has 1 aliphatic heterocycles. The number of carbonyl (C=O) groups excluding carboxylic acids is 2. The molecule has 8 heteroatoms. The highest BCUT2D eigenvalue weighted by atomic mass is 35.5. The van der Waals surface area contributed by atoms with Crippen molar-refractivity contribution >= 4 is 29.6 Å². The number of benzene rings is 2. The third-order valence-electron chi connectivity index (χ3n) is 4.33. The highest BCUT2D eigenvalue weighted by molar-refractivity contribution is 6.35. The van der Waals surface area contributed by atoms with E-state index in [9.17, 15) is 9.59 Å². The molecule has 1 heterocycles. The van der Waals surface area contributed by atoms with Gasteiger partial charge >= 0.3 is 11.8 Å². The Morgan fingerprint density at radius 3 is 2.69 bits per heavy atom. The van der Waals surface area contributed by atoms with Crippen molar-refractivity contribution in [3.63, 3.8) is 0 Å². The Morgan fingerprint density at radius 2 is 1.97 bits per heavy atom. The molecule has 152 valence electrons. The molecule has 0 saturated carbocycles. The molecular weight excluding hydrogens is 394 g/mol. The molecule has 1 atom stereocenters. The first-order valence-electron chi connectivity index (χ1n) is 9.31. The zero-order valence-corrected chi connectivity index (χ0v) is 16.5. The molecule has 1 unspecified atom stereocenters. The molecule has 1 aliphatic rings. The second kappa shape index (κ2) is 10.6. The van der Waals surface area contributed by atoms with Gasteiger partial charge in [0.15, 0.2) is 0 Å². The van der Waals surface area contributed by atoms with Crippen molar-refractivity contribution < 1.29 is 19.1 Å². The summed E-state index contributed by atoms with van der Waals surface area (Å²) in [5.74, 6) is -0.875. The Balaban J connectivity index is 1.41. The molecule has 1 fully saturated rings. The Hall–Kier alpha value is -2.90. The molecule has 29 heavy (non-hydrogen) atoms.